The van der Waals surface area contributed by atoms with Gasteiger partial charge < -0.3 is 10.4 Å². The second kappa shape index (κ2) is 4.67. The third-order valence-corrected chi connectivity index (χ3v) is 3.26. The van der Waals surface area contributed by atoms with Gasteiger partial charge in [-0.1, -0.05) is 20.8 Å². The Kier molecular flexibility index (Phi) is 3.84. The number of amides is 1. The number of hydrogen-bond acceptors (Lipinski definition) is 2. The summed E-state index contributed by atoms with van der Waals surface area (Å²) in [4.78, 5) is 23.3. The number of hydrogen-bond donors (Lipinski definition) is 2. The second-order valence-corrected chi connectivity index (χ2v) is 6.45. The van der Waals surface area contributed by atoms with Gasteiger partial charge in [0, 0.05) is 6.04 Å². The van der Waals surface area contributed by atoms with Crippen molar-refractivity contribution in [2.75, 3.05) is 0 Å². The number of carbonyl (C=O) groups excluding carboxylic acids is 1. The normalized spacial score (nSPS) is 19.5. The maximum atomic E-state index is 12.0. The van der Waals surface area contributed by atoms with E-state index in [2.05, 4.69) is 5.32 Å². The van der Waals surface area contributed by atoms with E-state index >= 15 is 0 Å². The molecule has 0 saturated heterocycles. The van der Waals surface area contributed by atoms with Crippen LogP contribution in [0.25, 0.3) is 0 Å². The Labute approximate surface area is 103 Å². The van der Waals surface area contributed by atoms with Crippen molar-refractivity contribution in [1.82, 2.24) is 5.32 Å². The first-order valence-electron chi connectivity index (χ1n) is 6.19. The molecule has 1 fully saturated rings. The molecule has 1 aliphatic carbocycles. The summed E-state index contributed by atoms with van der Waals surface area (Å²) in [5.74, 6) is -1.36. The van der Waals surface area contributed by atoms with E-state index in [4.69, 9.17) is 0 Å². The summed E-state index contributed by atoms with van der Waals surface area (Å²) in [7, 11) is 0. The van der Waals surface area contributed by atoms with Gasteiger partial charge in [0.05, 0.1) is 0 Å². The molecule has 1 saturated carbocycles. The third kappa shape index (κ3) is 4.02. The molecular weight excluding hydrogens is 218 g/mol. The topological polar surface area (TPSA) is 66.4 Å². The Morgan fingerprint density at radius 1 is 1.18 bits per heavy atom. The SMILES string of the molecule is CC(C)(C)CCC(C)(C(=O)O)C(=O)NC1CC1. The highest BCUT2D eigenvalue weighted by atomic mass is 16.4. The number of aliphatic carboxylic acids is 1. The molecule has 1 atom stereocenters. The van der Waals surface area contributed by atoms with E-state index in [0.29, 0.717) is 12.8 Å². The fraction of sp³-hybridized carbons (Fsp3) is 0.846. The number of rotatable bonds is 5. The highest BCUT2D eigenvalue weighted by Crippen LogP contribution is 2.32. The van der Waals surface area contributed by atoms with Crippen molar-refractivity contribution in [3.05, 3.63) is 0 Å². The first-order chi connectivity index (χ1) is 7.65. The van der Waals surface area contributed by atoms with Gasteiger partial charge in [0.2, 0.25) is 5.91 Å². The van der Waals surface area contributed by atoms with Crippen LogP contribution in [-0.2, 0) is 9.59 Å². The standard InChI is InChI=1S/C13H23NO3/c1-12(2,3)7-8-13(4,11(16)17)10(15)14-9-5-6-9/h9H,5-8H2,1-4H3,(H,14,15)(H,16,17). The molecule has 0 aliphatic heterocycles. The smallest absolute Gasteiger partial charge is 0.318 e. The van der Waals surface area contributed by atoms with Crippen LogP contribution >= 0.6 is 0 Å². The molecule has 2 N–H and O–H groups in total. The highest BCUT2D eigenvalue weighted by Gasteiger charge is 2.43. The molecular formula is C13H23NO3. The van der Waals surface area contributed by atoms with Crippen molar-refractivity contribution >= 4 is 11.9 Å². The van der Waals surface area contributed by atoms with E-state index in [1.165, 1.54) is 6.92 Å². The zero-order valence-corrected chi connectivity index (χ0v) is 11.2. The predicted molar refractivity (Wildman–Crippen MR) is 65.6 cm³/mol. The van der Waals surface area contributed by atoms with Crippen LogP contribution in [0.1, 0.15) is 53.4 Å². The van der Waals surface area contributed by atoms with Crippen LogP contribution in [-0.4, -0.2) is 23.0 Å². The van der Waals surface area contributed by atoms with Gasteiger partial charge in [0.15, 0.2) is 0 Å². The molecule has 17 heavy (non-hydrogen) atoms. The van der Waals surface area contributed by atoms with Crippen molar-refractivity contribution in [2.45, 2.75) is 59.4 Å². The van der Waals surface area contributed by atoms with Crippen LogP contribution in [0.5, 0.6) is 0 Å². The summed E-state index contributed by atoms with van der Waals surface area (Å²) in [5, 5.41) is 12.1. The number of carboxylic acid groups (broad SMARTS) is 1. The maximum Gasteiger partial charge on any atom is 0.318 e. The minimum Gasteiger partial charge on any atom is -0.480 e. The molecule has 0 bridgehead atoms. The van der Waals surface area contributed by atoms with Gasteiger partial charge in [0.1, 0.15) is 5.41 Å². The Hall–Kier alpha value is -1.06. The molecule has 0 heterocycles. The van der Waals surface area contributed by atoms with E-state index in [-0.39, 0.29) is 17.4 Å². The van der Waals surface area contributed by atoms with Gasteiger partial charge in [0.25, 0.3) is 0 Å². The maximum absolute atomic E-state index is 12.0. The summed E-state index contributed by atoms with van der Waals surface area (Å²) < 4.78 is 0. The van der Waals surface area contributed by atoms with Crippen molar-refractivity contribution in [1.29, 1.82) is 0 Å². The number of nitrogens with one attached hydrogen (secondary N) is 1. The zero-order valence-electron chi connectivity index (χ0n) is 11.2. The predicted octanol–water partition coefficient (Wildman–Crippen LogP) is 2.18. The van der Waals surface area contributed by atoms with Crippen LogP contribution in [0.3, 0.4) is 0 Å². The number of carboxylic acids is 1. The lowest BCUT2D eigenvalue weighted by Gasteiger charge is -2.27. The first kappa shape index (κ1) is 14.0. The van der Waals surface area contributed by atoms with Gasteiger partial charge in [-0.2, -0.15) is 0 Å². The van der Waals surface area contributed by atoms with Crippen molar-refractivity contribution < 1.29 is 14.7 Å². The van der Waals surface area contributed by atoms with Crippen LogP contribution in [0, 0.1) is 10.8 Å². The van der Waals surface area contributed by atoms with E-state index in [1.54, 1.807) is 0 Å². The third-order valence-electron chi connectivity index (χ3n) is 3.26. The summed E-state index contributed by atoms with van der Waals surface area (Å²) in [6.07, 6.45) is 3.04. The second-order valence-electron chi connectivity index (χ2n) is 6.45. The van der Waals surface area contributed by atoms with E-state index in [1.807, 2.05) is 20.8 Å². The van der Waals surface area contributed by atoms with E-state index in [9.17, 15) is 14.7 Å². The van der Waals surface area contributed by atoms with Crippen molar-refractivity contribution in [3.63, 3.8) is 0 Å². The number of carbonyl (C=O) groups is 2. The summed E-state index contributed by atoms with van der Waals surface area (Å²) in [6, 6.07) is 0.204. The molecule has 98 valence electrons. The molecule has 0 aromatic heterocycles. The lowest BCUT2D eigenvalue weighted by molar-refractivity contribution is -0.155. The van der Waals surface area contributed by atoms with Crippen LogP contribution in [0.4, 0.5) is 0 Å². The minimum absolute atomic E-state index is 0.0383. The molecule has 1 aliphatic rings. The van der Waals surface area contributed by atoms with Crippen molar-refractivity contribution in [2.24, 2.45) is 10.8 Å². The van der Waals surface area contributed by atoms with E-state index in [0.717, 1.165) is 12.8 Å². The van der Waals surface area contributed by atoms with Crippen LogP contribution in [0.15, 0.2) is 0 Å². The average Bonchev–Trinajstić information content (AvgIpc) is 2.96. The molecule has 0 radical (unpaired) electrons. The quantitative estimate of drug-likeness (QED) is 0.725. The Bertz CT molecular complexity index is 315. The van der Waals surface area contributed by atoms with Gasteiger partial charge in [-0.25, -0.2) is 0 Å². The monoisotopic (exact) mass is 241 g/mol. The Balaban J connectivity index is 2.66. The lowest BCUT2D eigenvalue weighted by atomic mass is 9.78. The van der Waals surface area contributed by atoms with Gasteiger partial charge >= 0.3 is 5.97 Å². The summed E-state index contributed by atoms with van der Waals surface area (Å²) in [5.41, 5.74) is -1.26. The minimum atomic E-state index is -1.30. The molecule has 0 spiro atoms. The average molecular weight is 241 g/mol. The molecule has 4 heteroatoms. The van der Waals surface area contributed by atoms with E-state index < -0.39 is 11.4 Å². The molecule has 4 nitrogen and oxygen atoms in total. The van der Waals surface area contributed by atoms with Gasteiger partial charge in [-0.3, -0.25) is 9.59 Å². The fourth-order valence-corrected chi connectivity index (χ4v) is 1.51. The zero-order chi connectivity index (χ0) is 13.3. The van der Waals surface area contributed by atoms with Gasteiger partial charge in [-0.15, -0.1) is 0 Å². The highest BCUT2D eigenvalue weighted by molar-refractivity contribution is 6.01. The van der Waals surface area contributed by atoms with Crippen molar-refractivity contribution in [3.8, 4) is 0 Å². The Morgan fingerprint density at radius 2 is 1.71 bits per heavy atom. The first-order valence-corrected chi connectivity index (χ1v) is 6.19. The van der Waals surface area contributed by atoms with Crippen LogP contribution < -0.4 is 5.32 Å². The fourth-order valence-electron chi connectivity index (χ4n) is 1.51. The summed E-state index contributed by atoms with van der Waals surface area (Å²) >= 11 is 0. The molecule has 1 amide bonds. The Morgan fingerprint density at radius 3 is 2.06 bits per heavy atom. The molecule has 0 aromatic carbocycles. The molecule has 0 aromatic rings. The van der Waals surface area contributed by atoms with Gasteiger partial charge in [-0.05, 0) is 38.0 Å². The van der Waals surface area contributed by atoms with Crippen LogP contribution in [0.2, 0.25) is 0 Å². The summed E-state index contributed by atoms with van der Waals surface area (Å²) in [6.45, 7) is 7.68. The molecule has 1 unspecified atom stereocenters. The largest absolute Gasteiger partial charge is 0.480 e. The molecule has 1 rings (SSSR count). The lowest BCUT2D eigenvalue weighted by Crippen LogP contribution is -2.45.